The van der Waals surface area contributed by atoms with Gasteiger partial charge in [0.05, 0.1) is 7.14 Å². The Kier molecular flexibility index (Phi) is 7.85. The second-order valence-electron chi connectivity index (χ2n) is 12.1. The maximum Gasteiger partial charge on any atom is 0.213 e. The summed E-state index contributed by atoms with van der Waals surface area (Å²) in [6.45, 7) is 12.7. The molecule has 0 aliphatic heterocycles. The Morgan fingerprint density at radius 1 is 1.08 bits per heavy atom. The van der Waals surface area contributed by atoms with Gasteiger partial charge in [-0.1, -0.05) is 45.9 Å². The number of pyridine rings is 1. The first-order valence-corrected chi connectivity index (χ1v) is 15.8. The fourth-order valence-corrected chi connectivity index (χ4v) is 6.34. The summed E-state index contributed by atoms with van der Waals surface area (Å²) in [5.41, 5.74) is 4.24. The van der Waals surface area contributed by atoms with E-state index >= 15 is 0 Å². The van der Waals surface area contributed by atoms with Crippen molar-refractivity contribution in [2.75, 3.05) is 19.5 Å². The van der Waals surface area contributed by atoms with Gasteiger partial charge in [0.15, 0.2) is 0 Å². The third kappa shape index (κ3) is 7.02. The molecule has 4 rings (SSSR count). The zero-order valence-corrected chi connectivity index (χ0v) is 23.7. The topological polar surface area (TPSA) is 59.4 Å². The van der Waals surface area contributed by atoms with Gasteiger partial charge in [-0.25, -0.2) is 9.37 Å². The molecule has 1 saturated carbocycles. The normalized spacial score (nSPS) is 15.9. The van der Waals surface area contributed by atoms with Crippen molar-refractivity contribution in [3.63, 3.8) is 0 Å². The lowest BCUT2D eigenvalue weighted by Gasteiger charge is -2.30. The largest absolute Gasteiger partial charge is 0.508 e. The fraction of sp³-hybridized carbons (Fsp3) is 0.452. The third-order valence-electron chi connectivity index (χ3n) is 7.52. The van der Waals surface area contributed by atoms with Crippen LogP contribution in [0.3, 0.4) is 0 Å². The van der Waals surface area contributed by atoms with E-state index in [9.17, 15) is 14.1 Å². The van der Waals surface area contributed by atoms with Crippen LogP contribution in [-0.4, -0.2) is 29.6 Å². The predicted molar refractivity (Wildman–Crippen MR) is 150 cm³/mol. The molecule has 1 aliphatic carbocycles. The van der Waals surface area contributed by atoms with Gasteiger partial charge in [0, 0.05) is 24.0 Å². The number of ether oxygens (including phenoxy) is 1. The molecule has 198 valence electrons. The van der Waals surface area contributed by atoms with Gasteiger partial charge in [0.1, 0.15) is 18.2 Å². The average molecular weight is 524 g/mol. The van der Waals surface area contributed by atoms with E-state index in [0.717, 1.165) is 22.3 Å². The van der Waals surface area contributed by atoms with Crippen LogP contribution in [0.15, 0.2) is 54.7 Å². The first-order valence-electron chi connectivity index (χ1n) is 13.1. The van der Waals surface area contributed by atoms with Crippen molar-refractivity contribution in [1.29, 1.82) is 0 Å². The minimum Gasteiger partial charge on any atom is -0.508 e. The van der Waals surface area contributed by atoms with E-state index in [1.165, 1.54) is 31.0 Å². The summed E-state index contributed by atoms with van der Waals surface area (Å²) in [6.07, 6.45) is 4.85. The quantitative estimate of drug-likeness (QED) is 0.286. The van der Waals surface area contributed by atoms with Crippen molar-refractivity contribution in [2.24, 2.45) is 11.3 Å². The number of nitrogens with zero attached hydrogens (tertiary/aromatic N) is 1. The smallest absolute Gasteiger partial charge is 0.213 e. The van der Waals surface area contributed by atoms with Gasteiger partial charge in [0.2, 0.25) is 5.88 Å². The second kappa shape index (κ2) is 10.6. The van der Waals surface area contributed by atoms with Crippen molar-refractivity contribution in [3.8, 4) is 22.8 Å². The van der Waals surface area contributed by atoms with E-state index in [4.69, 9.17) is 4.74 Å². The molecule has 4 nitrogen and oxygen atoms in total. The van der Waals surface area contributed by atoms with Crippen molar-refractivity contribution in [1.82, 2.24) is 4.98 Å². The van der Waals surface area contributed by atoms with Crippen LogP contribution >= 0.6 is 7.14 Å². The molecule has 2 aromatic carbocycles. The lowest BCUT2D eigenvalue weighted by atomic mass is 9.75. The molecule has 3 aromatic rings. The molecule has 1 aliphatic rings. The lowest BCUT2D eigenvalue weighted by Crippen LogP contribution is -2.16. The molecule has 37 heavy (non-hydrogen) atoms. The molecule has 0 saturated heterocycles. The van der Waals surface area contributed by atoms with Gasteiger partial charge in [-0.05, 0) is 95.9 Å². The summed E-state index contributed by atoms with van der Waals surface area (Å²) in [5, 5.41) is 10.0. The molecule has 2 atom stereocenters. The summed E-state index contributed by atoms with van der Waals surface area (Å²) in [5.74, 6) is 1.23. The molecule has 0 spiro atoms. The van der Waals surface area contributed by atoms with Crippen LogP contribution in [0.5, 0.6) is 11.6 Å². The monoisotopic (exact) mass is 523 g/mol. The first-order chi connectivity index (χ1) is 17.3. The number of phenolic OH excluding ortho intramolecular Hbond substituents is 1. The van der Waals surface area contributed by atoms with Crippen LogP contribution < -0.4 is 4.74 Å². The Morgan fingerprint density at radius 3 is 2.46 bits per heavy atom. The highest BCUT2D eigenvalue weighted by atomic mass is 31.2. The van der Waals surface area contributed by atoms with Crippen molar-refractivity contribution < 1.29 is 18.8 Å². The van der Waals surface area contributed by atoms with E-state index in [-0.39, 0.29) is 28.8 Å². The second-order valence-corrected chi connectivity index (χ2v) is 15.6. The number of benzene rings is 2. The van der Waals surface area contributed by atoms with Crippen LogP contribution in [0.2, 0.25) is 0 Å². The van der Waals surface area contributed by atoms with Crippen LogP contribution in [0.25, 0.3) is 11.1 Å². The molecular formula is C31H39FNO3P. The minimum absolute atomic E-state index is 0.0381. The van der Waals surface area contributed by atoms with Crippen LogP contribution in [-0.2, 0) is 11.2 Å². The summed E-state index contributed by atoms with van der Waals surface area (Å²) in [4.78, 5) is 4.43. The van der Waals surface area contributed by atoms with E-state index < -0.39 is 7.14 Å². The molecule has 0 amide bonds. The molecule has 6 heteroatoms. The molecule has 1 aromatic heterocycles. The van der Waals surface area contributed by atoms with E-state index in [2.05, 4.69) is 38.7 Å². The van der Waals surface area contributed by atoms with Crippen LogP contribution in [0, 0.1) is 17.2 Å². The SMILES string of the molecule is CC(c1cc(COc2cc([C@@H](CP(C)(C)=O)C3CC3)ccn2)ccc1-c1cc(O)ccc1F)C(C)(C)C. The number of hydrogen-bond acceptors (Lipinski definition) is 4. The van der Waals surface area contributed by atoms with Crippen LogP contribution in [0.1, 0.15) is 69.1 Å². The maximum absolute atomic E-state index is 14.8. The van der Waals surface area contributed by atoms with Gasteiger partial charge in [0.25, 0.3) is 0 Å². The molecule has 1 fully saturated rings. The first kappa shape index (κ1) is 27.4. The highest BCUT2D eigenvalue weighted by molar-refractivity contribution is 7.62. The zero-order chi connectivity index (χ0) is 27.0. The number of aromatic hydroxyl groups is 1. The van der Waals surface area contributed by atoms with E-state index in [0.29, 0.717) is 30.1 Å². The Labute approximate surface area is 220 Å². The van der Waals surface area contributed by atoms with Gasteiger partial charge >= 0.3 is 0 Å². The highest BCUT2D eigenvalue weighted by Crippen LogP contribution is 2.51. The molecule has 0 radical (unpaired) electrons. The molecule has 0 bridgehead atoms. The summed E-state index contributed by atoms with van der Waals surface area (Å²) >= 11 is 0. The number of halogens is 1. The van der Waals surface area contributed by atoms with Crippen molar-refractivity contribution >= 4 is 7.14 Å². The number of phenols is 1. The van der Waals surface area contributed by atoms with E-state index in [1.54, 1.807) is 6.20 Å². The summed E-state index contributed by atoms with van der Waals surface area (Å²) < 4.78 is 33.5. The summed E-state index contributed by atoms with van der Waals surface area (Å²) in [6, 6.07) is 14.1. The molecule has 1 heterocycles. The Balaban J connectivity index is 1.60. The summed E-state index contributed by atoms with van der Waals surface area (Å²) in [7, 11) is -2.15. The molecule has 1 N–H and O–H groups in total. The van der Waals surface area contributed by atoms with Gasteiger partial charge in [-0.15, -0.1) is 0 Å². The van der Waals surface area contributed by atoms with Gasteiger partial charge < -0.3 is 14.4 Å². The van der Waals surface area contributed by atoms with Crippen molar-refractivity contribution in [3.05, 3.63) is 77.2 Å². The highest BCUT2D eigenvalue weighted by Gasteiger charge is 2.35. The van der Waals surface area contributed by atoms with Gasteiger partial charge in [-0.2, -0.15) is 0 Å². The lowest BCUT2D eigenvalue weighted by molar-refractivity contribution is 0.292. The molecular weight excluding hydrogens is 484 g/mol. The predicted octanol–water partition coefficient (Wildman–Crippen LogP) is 8.44. The van der Waals surface area contributed by atoms with Crippen molar-refractivity contribution in [2.45, 2.75) is 59.0 Å². The zero-order valence-electron chi connectivity index (χ0n) is 22.8. The standard InChI is InChI=1S/C31H39FNO3P/c1-20(31(2,3)4)26-15-21(7-11-25(26)27-17-24(34)10-12-29(27)32)18-36-30-16-23(13-14-33-30)28(22-8-9-22)19-37(5,6)35/h7,10-17,20,22,28,34H,8-9,18-19H2,1-6H3/t20?,28-/m0/s1. The van der Waals surface area contributed by atoms with Gasteiger partial charge in [-0.3, -0.25) is 0 Å². The fourth-order valence-electron chi connectivity index (χ4n) is 4.88. The Morgan fingerprint density at radius 2 is 1.81 bits per heavy atom. The molecule has 1 unspecified atom stereocenters. The Hall–Kier alpha value is -2.65. The minimum atomic E-state index is -2.15. The number of aromatic nitrogens is 1. The number of hydrogen-bond donors (Lipinski definition) is 1. The van der Waals surface area contributed by atoms with Crippen LogP contribution in [0.4, 0.5) is 4.39 Å². The third-order valence-corrected chi connectivity index (χ3v) is 8.80. The van der Waals surface area contributed by atoms with E-state index in [1.807, 2.05) is 37.6 Å². The average Bonchev–Trinajstić information content (AvgIpc) is 3.67. The number of rotatable bonds is 9. The maximum atomic E-state index is 14.8. The Bertz CT molecular complexity index is 1310.